The summed E-state index contributed by atoms with van der Waals surface area (Å²) in [5.74, 6) is 0.397. The molecule has 0 saturated carbocycles. The molecule has 1 heterocycles. The van der Waals surface area contributed by atoms with Crippen molar-refractivity contribution in [1.29, 1.82) is 0 Å². The lowest BCUT2D eigenvalue weighted by atomic mass is 10.2. The molecule has 1 aliphatic heterocycles. The van der Waals surface area contributed by atoms with E-state index in [1.165, 1.54) is 0 Å². The maximum absolute atomic E-state index is 12.4. The average Bonchev–Trinajstić information content (AvgIpc) is 2.61. The van der Waals surface area contributed by atoms with Crippen LogP contribution in [0, 0.1) is 0 Å². The van der Waals surface area contributed by atoms with Crippen LogP contribution >= 0.6 is 7.60 Å². The standard InChI is InChI=1S/C20H33N2O5P/c1-6-18(7-2)28(24,25)27-17-10-8-16(9-11-17)21-12-14-22(15-13-21)19(23)26-20(3,4)5/h8-11,18H,6-7,12-15H2,1-5H3,(H,24,25). The molecule has 1 fully saturated rings. The Balaban J connectivity index is 1.93. The summed E-state index contributed by atoms with van der Waals surface area (Å²) in [7, 11) is -3.68. The Morgan fingerprint density at radius 3 is 2.11 bits per heavy atom. The fourth-order valence-corrected chi connectivity index (χ4v) is 4.66. The number of amides is 1. The van der Waals surface area contributed by atoms with Crippen LogP contribution in [0.15, 0.2) is 24.3 Å². The maximum atomic E-state index is 12.4. The van der Waals surface area contributed by atoms with E-state index in [1.54, 1.807) is 17.0 Å². The summed E-state index contributed by atoms with van der Waals surface area (Å²) in [6.07, 6.45) is 0.921. The van der Waals surface area contributed by atoms with Crippen molar-refractivity contribution < 1.29 is 23.5 Å². The summed E-state index contributed by atoms with van der Waals surface area (Å²) < 4.78 is 23.2. The highest BCUT2D eigenvalue weighted by atomic mass is 31.2. The van der Waals surface area contributed by atoms with Crippen molar-refractivity contribution in [3.63, 3.8) is 0 Å². The lowest BCUT2D eigenvalue weighted by molar-refractivity contribution is 0.0240. The highest BCUT2D eigenvalue weighted by molar-refractivity contribution is 7.54. The van der Waals surface area contributed by atoms with Gasteiger partial charge >= 0.3 is 13.7 Å². The van der Waals surface area contributed by atoms with Gasteiger partial charge in [-0.15, -0.1) is 0 Å². The minimum atomic E-state index is -3.68. The zero-order valence-corrected chi connectivity index (χ0v) is 18.4. The lowest BCUT2D eigenvalue weighted by Gasteiger charge is -2.36. The third-order valence-corrected chi connectivity index (χ3v) is 6.90. The van der Waals surface area contributed by atoms with Gasteiger partial charge in [0.15, 0.2) is 0 Å². The molecule has 1 amide bonds. The number of hydrogen-bond acceptors (Lipinski definition) is 5. The van der Waals surface area contributed by atoms with Gasteiger partial charge in [-0.05, 0) is 57.9 Å². The fourth-order valence-electron chi connectivity index (χ4n) is 3.17. The minimum Gasteiger partial charge on any atom is -0.444 e. The third-order valence-electron chi connectivity index (χ3n) is 4.77. The van der Waals surface area contributed by atoms with Crippen LogP contribution in [-0.2, 0) is 9.30 Å². The second-order valence-electron chi connectivity index (χ2n) is 8.07. The minimum absolute atomic E-state index is 0.281. The van der Waals surface area contributed by atoms with Crippen molar-refractivity contribution in [2.45, 2.75) is 58.7 Å². The number of rotatable bonds is 6. The van der Waals surface area contributed by atoms with Gasteiger partial charge in [-0.3, -0.25) is 0 Å². The molecule has 28 heavy (non-hydrogen) atoms. The summed E-state index contributed by atoms with van der Waals surface area (Å²) in [5, 5.41) is 0. The topological polar surface area (TPSA) is 79.3 Å². The highest BCUT2D eigenvalue weighted by Crippen LogP contribution is 2.50. The number of carbonyl (C=O) groups excluding carboxylic acids is 1. The molecule has 158 valence electrons. The van der Waals surface area contributed by atoms with Gasteiger partial charge in [0.1, 0.15) is 11.4 Å². The van der Waals surface area contributed by atoms with Gasteiger partial charge in [-0.25, -0.2) is 9.36 Å². The molecular formula is C20H33N2O5P. The Morgan fingerprint density at radius 1 is 1.11 bits per heavy atom. The molecule has 0 bridgehead atoms. The van der Waals surface area contributed by atoms with Crippen LogP contribution < -0.4 is 9.42 Å². The molecule has 1 atom stereocenters. The molecule has 0 aromatic heterocycles. The molecule has 1 unspecified atom stereocenters. The van der Waals surface area contributed by atoms with Crippen molar-refractivity contribution in [1.82, 2.24) is 4.90 Å². The number of anilines is 1. The van der Waals surface area contributed by atoms with Crippen molar-refractivity contribution in [2.75, 3.05) is 31.1 Å². The summed E-state index contributed by atoms with van der Waals surface area (Å²) in [6.45, 7) is 11.9. The van der Waals surface area contributed by atoms with Crippen LogP contribution in [0.2, 0.25) is 0 Å². The molecule has 0 spiro atoms. The number of ether oxygens (including phenoxy) is 1. The SMILES string of the molecule is CCC(CC)P(=O)(O)Oc1ccc(N2CCN(C(=O)OC(C)(C)C)CC2)cc1. The molecule has 0 radical (unpaired) electrons. The van der Waals surface area contributed by atoms with E-state index in [1.807, 2.05) is 46.8 Å². The monoisotopic (exact) mass is 412 g/mol. The number of benzene rings is 1. The summed E-state index contributed by atoms with van der Waals surface area (Å²) in [4.78, 5) is 26.2. The van der Waals surface area contributed by atoms with E-state index >= 15 is 0 Å². The second-order valence-corrected chi connectivity index (χ2v) is 10.1. The van der Waals surface area contributed by atoms with Crippen LogP contribution in [0.3, 0.4) is 0 Å². The van der Waals surface area contributed by atoms with Crippen molar-refractivity contribution in [3.8, 4) is 5.75 Å². The molecule has 1 aromatic carbocycles. The second kappa shape index (κ2) is 9.19. The van der Waals surface area contributed by atoms with E-state index in [4.69, 9.17) is 9.26 Å². The third kappa shape index (κ3) is 6.14. The number of hydrogen-bond donors (Lipinski definition) is 1. The van der Waals surface area contributed by atoms with Crippen LogP contribution in [-0.4, -0.2) is 53.3 Å². The fraction of sp³-hybridized carbons (Fsp3) is 0.650. The van der Waals surface area contributed by atoms with Crippen molar-refractivity contribution in [3.05, 3.63) is 24.3 Å². The van der Waals surface area contributed by atoms with Gasteiger partial charge < -0.3 is 24.0 Å². The summed E-state index contributed by atoms with van der Waals surface area (Å²) in [5.41, 5.74) is 0.143. The van der Waals surface area contributed by atoms with E-state index in [0.29, 0.717) is 44.8 Å². The largest absolute Gasteiger partial charge is 0.444 e. The maximum Gasteiger partial charge on any atom is 0.410 e. The first kappa shape index (κ1) is 22.6. The van der Waals surface area contributed by atoms with Crippen LogP contribution in [0.5, 0.6) is 5.75 Å². The Bertz CT molecular complexity index is 690. The van der Waals surface area contributed by atoms with E-state index in [9.17, 15) is 14.3 Å². The Labute approximate surface area is 168 Å². The lowest BCUT2D eigenvalue weighted by Crippen LogP contribution is -2.50. The Morgan fingerprint density at radius 2 is 1.64 bits per heavy atom. The van der Waals surface area contributed by atoms with E-state index in [2.05, 4.69) is 4.90 Å². The van der Waals surface area contributed by atoms with E-state index in [0.717, 1.165) is 5.69 Å². The van der Waals surface area contributed by atoms with E-state index in [-0.39, 0.29) is 11.8 Å². The van der Waals surface area contributed by atoms with Gasteiger partial charge in [0.05, 0.1) is 5.66 Å². The molecule has 1 saturated heterocycles. The van der Waals surface area contributed by atoms with Gasteiger partial charge in [0, 0.05) is 31.9 Å². The first-order chi connectivity index (χ1) is 13.1. The first-order valence-corrected chi connectivity index (χ1v) is 11.6. The van der Waals surface area contributed by atoms with Gasteiger partial charge in [-0.2, -0.15) is 0 Å². The zero-order valence-electron chi connectivity index (χ0n) is 17.6. The van der Waals surface area contributed by atoms with Crippen LogP contribution in [0.25, 0.3) is 0 Å². The smallest absolute Gasteiger partial charge is 0.410 e. The number of carbonyl (C=O) groups is 1. The van der Waals surface area contributed by atoms with Gasteiger partial charge in [0.2, 0.25) is 0 Å². The normalized spacial score (nSPS) is 17.4. The predicted octanol–water partition coefficient (Wildman–Crippen LogP) is 4.50. The molecule has 8 heteroatoms. The van der Waals surface area contributed by atoms with E-state index < -0.39 is 13.2 Å². The molecule has 2 rings (SSSR count). The summed E-state index contributed by atoms with van der Waals surface area (Å²) >= 11 is 0. The van der Waals surface area contributed by atoms with Gasteiger partial charge in [0.25, 0.3) is 0 Å². The van der Waals surface area contributed by atoms with Crippen molar-refractivity contribution in [2.24, 2.45) is 0 Å². The number of nitrogens with zero attached hydrogens (tertiary/aromatic N) is 2. The van der Waals surface area contributed by atoms with Crippen molar-refractivity contribution >= 4 is 19.4 Å². The highest BCUT2D eigenvalue weighted by Gasteiger charge is 2.31. The molecule has 1 aromatic rings. The molecule has 7 nitrogen and oxygen atoms in total. The number of piperazine rings is 1. The summed E-state index contributed by atoms with van der Waals surface area (Å²) in [6, 6.07) is 7.21. The quantitative estimate of drug-likeness (QED) is 0.693. The van der Waals surface area contributed by atoms with Crippen LogP contribution in [0.1, 0.15) is 47.5 Å². The molecule has 1 N–H and O–H groups in total. The zero-order chi connectivity index (χ0) is 20.9. The van der Waals surface area contributed by atoms with Gasteiger partial charge in [-0.1, -0.05) is 13.8 Å². The molecule has 0 aliphatic carbocycles. The molecular weight excluding hydrogens is 379 g/mol. The predicted molar refractivity (Wildman–Crippen MR) is 111 cm³/mol. The van der Waals surface area contributed by atoms with Crippen LogP contribution in [0.4, 0.5) is 10.5 Å². The average molecular weight is 412 g/mol. The first-order valence-electron chi connectivity index (χ1n) is 9.90. The molecule has 1 aliphatic rings. The Kier molecular flexibility index (Phi) is 7.40. The Hall–Kier alpha value is -1.72.